The van der Waals surface area contributed by atoms with Crippen molar-refractivity contribution in [2.45, 2.75) is 101 Å². The lowest BCUT2D eigenvalue weighted by Gasteiger charge is -2.38. The third kappa shape index (κ3) is 6.35. The average Bonchev–Trinajstić information content (AvgIpc) is 2.79. The van der Waals surface area contributed by atoms with Crippen molar-refractivity contribution in [2.75, 3.05) is 0 Å². The van der Waals surface area contributed by atoms with Crippen LogP contribution in [0.3, 0.4) is 0 Å². The Kier molecular flexibility index (Phi) is 9.14. The maximum atomic E-state index is 14.8. The van der Waals surface area contributed by atoms with Crippen LogP contribution >= 0.6 is 0 Å². The molecule has 0 heterocycles. The number of hydrogen-bond acceptors (Lipinski definition) is 1. The van der Waals surface area contributed by atoms with Gasteiger partial charge in [0.15, 0.2) is 0 Å². The molecule has 0 saturated heterocycles. The van der Waals surface area contributed by atoms with E-state index in [9.17, 15) is 13.0 Å². The number of rotatable bonds is 9. The van der Waals surface area contributed by atoms with Crippen LogP contribution in [0, 0.1) is 23.7 Å². The van der Waals surface area contributed by atoms with Crippen molar-refractivity contribution in [1.29, 1.82) is 0 Å². The predicted molar refractivity (Wildman–Crippen MR) is 118 cm³/mol. The summed E-state index contributed by atoms with van der Waals surface area (Å²) in [6.45, 7) is 2.26. The van der Waals surface area contributed by atoms with Gasteiger partial charge in [0.2, 0.25) is 5.50 Å². The molecule has 3 atom stereocenters. The maximum absolute atomic E-state index is 14.8. The predicted octanol–water partition coefficient (Wildman–Crippen LogP) is 7.62. The smallest absolute Gasteiger partial charge is 0.210 e. The van der Waals surface area contributed by atoms with Crippen LogP contribution in [0.4, 0.5) is 8.78 Å². The van der Waals surface area contributed by atoms with E-state index in [0.717, 1.165) is 37.5 Å². The van der Waals surface area contributed by atoms with E-state index >= 15 is 0 Å². The van der Waals surface area contributed by atoms with Gasteiger partial charge in [0, 0.05) is 4.90 Å². The zero-order chi connectivity index (χ0) is 20.6. The van der Waals surface area contributed by atoms with E-state index in [2.05, 4.69) is 6.92 Å². The molecule has 0 aliphatic heterocycles. The Labute approximate surface area is 178 Å². The Bertz CT molecular complexity index is 607. The van der Waals surface area contributed by atoms with E-state index in [1.54, 1.807) is 30.3 Å². The second kappa shape index (κ2) is 11.6. The summed E-state index contributed by atoms with van der Waals surface area (Å²) in [7, 11) is -1.92. The summed E-state index contributed by atoms with van der Waals surface area (Å²) < 4.78 is 41.8. The Hall–Kier alpha value is -0.770. The molecule has 2 saturated carbocycles. The Morgan fingerprint density at radius 1 is 0.897 bits per heavy atom. The number of alkyl halides is 2. The molecule has 0 N–H and O–H groups in total. The third-order valence-electron chi connectivity index (χ3n) is 7.47. The number of unbranched alkanes of at least 4 members (excludes halogenated alkanes) is 2. The molecule has 2 aliphatic carbocycles. The first-order valence-corrected chi connectivity index (χ1v) is 13.0. The highest BCUT2D eigenvalue weighted by Crippen LogP contribution is 2.44. The van der Waals surface area contributed by atoms with E-state index in [1.165, 1.54) is 51.4 Å². The van der Waals surface area contributed by atoms with Crippen molar-refractivity contribution >= 4 is 10.8 Å². The molecule has 0 amide bonds. The monoisotopic (exact) mass is 424 g/mol. The van der Waals surface area contributed by atoms with Gasteiger partial charge < -0.3 is 0 Å². The van der Waals surface area contributed by atoms with Crippen molar-refractivity contribution in [3.8, 4) is 0 Å². The van der Waals surface area contributed by atoms with Gasteiger partial charge in [-0.1, -0.05) is 63.6 Å². The van der Waals surface area contributed by atoms with Crippen molar-refractivity contribution in [2.24, 2.45) is 23.7 Å². The number of hydrogen-bond donors (Lipinski definition) is 0. The average molecular weight is 425 g/mol. The molecule has 0 spiro atoms. The first-order chi connectivity index (χ1) is 14.1. The molecular formula is C25H38F2OS. The van der Waals surface area contributed by atoms with Crippen LogP contribution in [0.1, 0.15) is 84.0 Å². The van der Waals surface area contributed by atoms with Gasteiger partial charge in [-0.15, -0.1) is 0 Å². The highest BCUT2D eigenvalue weighted by atomic mass is 32.2. The second-order valence-corrected chi connectivity index (χ2v) is 10.9. The quantitative estimate of drug-likeness (QED) is 0.373. The molecule has 4 heteroatoms. The fourth-order valence-corrected chi connectivity index (χ4v) is 6.73. The van der Waals surface area contributed by atoms with Crippen LogP contribution in [0.2, 0.25) is 0 Å². The Balaban J connectivity index is 1.41. The molecule has 0 aromatic heterocycles. The van der Waals surface area contributed by atoms with Crippen molar-refractivity contribution in [1.82, 2.24) is 0 Å². The SMILES string of the molecule is CCCCCC1CCC(C2CCC(C(F)C(F)S(=O)c3ccccc3)CC2)CC1. The summed E-state index contributed by atoms with van der Waals surface area (Å²) in [6, 6.07) is 8.46. The van der Waals surface area contributed by atoms with Crippen molar-refractivity contribution in [3.63, 3.8) is 0 Å². The molecule has 1 aromatic carbocycles. The van der Waals surface area contributed by atoms with Gasteiger partial charge in [0.25, 0.3) is 0 Å². The molecule has 2 fully saturated rings. The van der Waals surface area contributed by atoms with Gasteiger partial charge in [0.1, 0.15) is 6.17 Å². The molecule has 3 unspecified atom stereocenters. The van der Waals surface area contributed by atoms with Crippen LogP contribution < -0.4 is 0 Å². The fraction of sp³-hybridized carbons (Fsp3) is 0.760. The number of benzene rings is 1. The van der Waals surface area contributed by atoms with Crippen LogP contribution in [0.5, 0.6) is 0 Å². The molecule has 0 radical (unpaired) electrons. The zero-order valence-electron chi connectivity index (χ0n) is 17.9. The lowest BCUT2D eigenvalue weighted by molar-refractivity contribution is 0.0857. The van der Waals surface area contributed by atoms with E-state index in [0.29, 0.717) is 10.8 Å². The summed E-state index contributed by atoms with van der Waals surface area (Å²) >= 11 is 0. The minimum absolute atomic E-state index is 0.278. The molecule has 164 valence electrons. The summed E-state index contributed by atoms with van der Waals surface area (Å²) in [6.07, 6.45) is 12.7. The van der Waals surface area contributed by atoms with E-state index in [-0.39, 0.29) is 5.92 Å². The van der Waals surface area contributed by atoms with Crippen LogP contribution in [-0.2, 0) is 10.8 Å². The van der Waals surface area contributed by atoms with Gasteiger partial charge in [0.05, 0.1) is 10.8 Å². The highest BCUT2D eigenvalue weighted by Gasteiger charge is 2.38. The molecule has 1 aromatic rings. The molecule has 0 bridgehead atoms. The zero-order valence-corrected chi connectivity index (χ0v) is 18.7. The van der Waals surface area contributed by atoms with Gasteiger partial charge >= 0.3 is 0 Å². The van der Waals surface area contributed by atoms with Crippen LogP contribution in [-0.4, -0.2) is 15.9 Å². The third-order valence-corrected chi connectivity index (χ3v) is 8.88. The minimum Gasteiger partial charge on any atom is -0.251 e. The van der Waals surface area contributed by atoms with Gasteiger partial charge in [-0.2, -0.15) is 0 Å². The Morgan fingerprint density at radius 2 is 1.48 bits per heavy atom. The van der Waals surface area contributed by atoms with E-state index < -0.39 is 22.5 Å². The molecule has 3 rings (SSSR count). The normalized spacial score (nSPS) is 31.1. The van der Waals surface area contributed by atoms with E-state index in [1.807, 2.05) is 0 Å². The van der Waals surface area contributed by atoms with Gasteiger partial charge in [-0.3, -0.25) is 4.21 Å². The summed E-state index contributed by atoms with van der Waals surface area (Å²) in [5, 5.41) is 0. The standard InChI is InChI=1S/C25H38F2OS/c1-2-3-5-8-19-11-13-20(14-12-19)21-15-17-22(18-16-21)24(26)25(27)29(28)23-9-6-4-7-10-23/h4,6-7,9-10,19-22,24-25H,2-3,5,8,11-18H2,1H3. The van der Waals surface area contributed by atoms with Crippen LogP contribution in [0.15, 0.2) is 35.2 Å². The first-order valence-electron chi connectivity index (χ1n) is 11.8. The lowest BCUT2D eigenvalue weighted by Crippen LogP contribution is -2.34. The first kappa shape index (κ1) is 22.9. The lowest BCUT2D eigenvalue weighted by atomic mass is 9.68. The largest absolute Gasteiger partial charge is 0.251 e. The number of halogens is 2. The topological polar surface area (TPSA) is 17.1 Å². The van der Waals surface area contributed by atoms with Crippen molar-refractivity contribution < 1.29 is 13.0 Å². The molecule has 29 heavy (non-hydrogen) atoms. The maximum Gasteiger partial charge on any atom is 0.210 e. The van der Waals surface area contributed by atoms with Gasteiger partial charge in [-0.05, 0) is 74.3 Å². The second-order valence-electron chi connectivity index (χ2n) is 9.36. The van der Waals surface area contributed by atoms with Gasteiger partial charge in [-0.25, -0.2) is 8.78 Å². The summed E-state index contributed by atoms with van der Waals surface area (Å²) in [4.78, 5) is 0.382. The van der Waals surface area contributed by atoms with Crippen LogP contribution in [0.25, 0.3) is 0 Å². The minimum atomic E-state index is -1.92. The summed E-state index contributed by atoms with van der Waals surface area (Å²) in [5.41, 5.74) is -1.92. The fourth-order valence-electron chi connectivity index (χ4n) is 5.58. The van der Waals surface area contributed by atoms with Crippen molar-refractivity contribution in [3.05, 3.63) is 30.3 Å². The molecular weight excluding hydrogens is 386 g/mol. The highest BCUT2D eigenvalue weighted by molar-refractivity contribution is 7.85. The molecule has 2 aliphatic rings. The Morgan fingerprint density at radius 3 is 2.07 bits per heavy atom. The summed E-state index contributed by atoms with van der Waals surface area (Å²) in [5.74, 6) is 2.12. The molecule has 1 nitrogen and oxygen atoms in total. The van der Waals surface area contributed by atoms with E-state index in [4.69, 9.17) is 0 Å².